The number of anilines is 1. The molecule has 0 radical (unpaired) electrons. The third-order valence-electron chi connectivity index (χ3n) is 6.12. The van der Waals surface area contributed by atoms with E-state index in [9.17, 15) is 9.59 Å². The molecule has 4 rings (SSSR count). The van der Waals surface area contributed by atoms with Gasteiger partial charge in [0.05, 0.1) is 12.9 Å². The molecule has 0 spiro atoms. The molecule has 8 nitrogen and oxygen atoms in total. The van der Waals surface area contributed by atoms with Crippen molar-refractivity contribution in [2.24, 2.45) is 0 Å². The fourth-order valence-corrected chi connectivity index (χ4v) is 5.86. The van der Waals surface area contributed by atoms with Crippen molar-refractivity contribution in [2.75, 3.05) is 18.2 Å². The SMILES string of the molecule is CCn1c(COc2ccc(C(C)(C)C)cc2)nnc1SCC(=O)Nc1scc(-c2ccc(Cl)cc2)c1C(=O)OC. The average Bonchev–Trinajstić information content (AvgIpc) is 3.54. The highest BCUT2D eigenvalue weighted by atomic mass is 35.5. The number of hydrogen-bond donors (Lipinski definition) is 1. The summed E-state index contributed by atoms with van der Waals surface area (Å²) in [4.78, 5) is 25.5. The molecule has 11 heteroatoms. The standard InChI is InChI=1S/C29H31ClN4O4S2/c1-6-34-23(15-38-21-13-9-19(10-14-21)29(2,3)4)32-33-28(34)40-17-24(35)31-26-25(27(36)37-5)22(16-39-26)18-7-11-20(30)12-8-18/h7-14,16H,6,15,17H2,1-5H3,(H,31,35). The van der Waals surface area contributed by atoms with Crippen LogP contribution in [0.15, 0.2) is 59.1 Å². The van der Waals surface area contributed by atoms with Crippen molar-refractivity contribution in [1.29, 1.82) is 0 Å². The van der Waals surface area contributed by atoms with Crippen LogP contribution in [-0.2, 0) is 28.1 Å². The van der Waals surface area contributed by atoms with Crippen LogP contribution in [0.25, 0.3) is 11.1 Å². The molecule has 2 aromatic heterocycles. The molecule has 40 heavy (non-hydrogen) atoms. The van der Waals surface area contributed by atoms with Gasteiger partial charge in [-0.05, 0) is 47.7 Å². The van der Waals surface area contributed by atoms with Crippen molar-refractivity contribution < 1.29 is 19.1 Å². The maximum absolute atomic E-state index is 12.9. The summed E-state index contributed by atoms with van der Waals surface area (Å²) >= 11 is 8.54. The molecule has 0 aliphatic heterocycles. The van der Waals surface area contributed by atoms with E-state index >= 15 is 0 Å². The molecular formula is C29H31ClN4O4S2. The monoisotopic (exact) mass is 598 g/mol. The Hall–Kier alpha value is -3.34. The lowest BCUT2D eigenvalue weighted by Gasteiger charge is -2.19. The number of hydrogen-bond acceptors (Lipinski definition) is 8. The first-order valence-electron chi connectivity index (χ1n) is 12.6. The molecule has 4 aromatic rings. The summed E-state index contributed by atoms with van der Waals surface area (Å²) in [6.45, 7) is 9.38. The largest absolute Gasteiger partial charge is 0.486 e. The van der Waals surface area contributed by atoms with Gasteiger partial charge in [0.15, 0.2) is 11.0 Å². The van der Waals surface area contributed by atoms with Gasteiger partial charge in [0.1, 0.15) is 22.9 Å². The fourth-order valence-electron chi connectivity index (χ4n) is 3.94. The molecule has 0 fully saturated rings. The Balaban J connectivity index is 1.40. The molecular weight excluding hydrogens is 568 g/mol. The molecule has 0 bridgehead atoms. The van der Waals surface area contributed by atoms with Crippen LogP contribution in [0, 0.1) is 0 Å². The van der Waals surface area contributed by atoms with Crippen LogP contribution in [-0.4, -0.2) is 39.5 Å². The minimum atomic E-state index is -0.530. The number of nitrogens with one attached hydrogen (secondary N) is 1. The topological polar surface area (TPSA) is 95.3 Å². The van der Waals surface area contributed by atoms with Gasteiger partial charge in [-0.15, -0.1) is 21.5 Å². The molecule has 0 unspecified atom stereocenters. The highest BCUT2D eigenvalue weighted by molar-refractivity contribution is 7.99. The molecule has 0 aliphatic rings. The number of benzene rings is 2. The zero-order valence-corrected chi connectivity index (χ0v) is 25.4. The summed E-state index contributed by atoms with van der Waals surface area (Å²) < 4.78 is 12.9. The summed E-state index contributed by atoms with van der Waals surface area (Å²) in [6.07, 6.45) is 0. The van der Waals surface area contributed by atoms with E-state index in [4.69, 9.17) is 21.1 Å². The van der Waals surface area contributed by atoms with E-state index in [-0.39, 0.29) is 23.7 Å². The Bertz CT molecular complexity index is 1480. The summed E-state index contributed by atoms with van der Waals surface area (Å²) in [5.74, 6) is 0.702. The van der Waals surface area contributed by atoms with Gasteiger partial charge in [-0.1, -0.05) is 68.4 Å². The van der Waals surface area contributed by atoms with Gasteiger partial charge in [0.25, 0.3) is 0 Å². The minimum Gasteiger partial charge on any atom is -0.486 e. The Morgan fingerprint density at radius 2 is 1.77 bits per heavy atom. The number of carbonyl (C=O) groups is 2. The van der Waals surface area contributed by atoms with E-state index in [0.29, 0.717) is 38.7 Å². The summed E-state index contributed by atoms with van der Waals surface area (Å²) in [5.41, 5.74) is 3.07. The molecule has 1 N–H and O–H groups in total. The second-order valence-electron chi connectivity index (χ2n) is 9.89. The van der Waals surface area contributed by atoms with E-state index in [2.05, 4.69) is 48.4 Å². The predicted molar refractivity (Wildman–Crippen MR) is 161 cm³/mol. The number of halogens is 1. The molecule has 1 amide bonds. The lowest BCUT2D eigenvalue weighted by Crippen LogP contribution is -2.16. The zero-order valence-electron chi connectivity index (χ0n) is 23.0. The summed E-state index contributed by atoms with van der Waals surface area (Å²) in [6, 6.07) is 15.2. The van der Waals surface area contributed by atoms with Crippen molar-refractivity contribution in [3.63, 3.8) is 0 Å². The third-order valence-corrected chi connectivity index (χ3v) is 8.23. The van der Waals surface area contributed by atoms with Crippen molar-refractivity contribution in [1.82, 2.24) is 14.8 Å². The van der Waals surface area contributed by atoms with Gasteiger partial charge in [-0.2, -0.15) is 0 Å². The number of ether oxygens (including phenoxy) is 2. The van der Waals surface area contributed by atoms with Crippen LogP contribution < -0.4 is 10.1 Å². The average molecular weight is 599 g/mol. The highest BCUT2D eigenvalue weighted by Gasteiger charge is 2.23. The summed E-state index contributed by atoms with van der Waals surface area (Å²) in [7, 11) is 1.31. The van der Waals surface area contributed by atoms with Crippen LogP contribution in [0.1, 0.15) is 49.4 Å². The number of thioether (sulfide) groups is 1. The Morgan fingerprint density at radius 1 is 1.07 bits per heavy atom. The number of carbonyl (C=O) groups excluding carboxylic acids is 2. The highest BCUT2D eigenvalue weighted by Crippen LogP contribution is 2.37. The molecule has 0 saturated carbocycles. The number of aromatic nitrogens is 3. The fraction of sp³-hybridized carbons (Fsp3) is 0.310. The van der Waals surface area contributed by atoms with Gasteiger partial charge in [0, 0.05) is 22.5 Å². The normalized spacial score (nSPS) is 11.3. The van der Waals surface area contributed by atoms with E-state index < -0.39 is 5.97 Å². The Morgan fingerprint density at radius 3 is 2.40 bits per heavy atom. The Kier molecular flexibility index (Phi) is 9.55. The Labute approximate surface area is 247 Å². The van der Waals surface area contributed by atoms with Gasteiger partial charge in [-0.3, -0.25) is 4.79 Å². The number of esters is 1. The molecule has 2 heterocycles. The second kappa shape index (κ2) is 12.9. The van der Waals surface area contributed by atoms with Crippen molar-refractivity contribution >= 4 is 51.6 Å². The maximum Gasteiger partial charge on any atom is 0.341 e. The minimum absolute atomic E-state index is 0.0721. The van der Waals surface area contributed by atoms with Crippen molar-refractivity contribution in [2.45, 2.75) is 51.4 Å². The van der Waals surface area contributed by atoms with Gasteiger partial charge >= 0.3 is 5.97 Å². The molecule has 0 saturated heterocycles. The second-order valence-corrected chi connectivity index (χ2v) is 12.2. The smallest absolute Gasteiger partial charge is 0.341 e. The predicted octanol–water partition coefficient (Wildman–Crippen LogP) is 7.07. The van der Waals surface area contributed by atoms with Gasteiger partial charge in [0.2, 0.25) is 5.91 Å². The van der Waals surface area contributed by atoms with Crippen LogP contribution in [0.2, 0.25) is 5.02 Å². The number of nitrogens with zero attached hydrogens (tertiary/aromatic N) is 3. The van der Waals surface area contributed by atoms with Crippen molar-refractivity contribution in [3.8, 4) is 16.9 Å². The van der Waals surface area contributed by atoms with Crippen molar-refractivity contribution in [3.05, 3.63) is 75.9 Å². The number of amides is 1. The van der Waals surface area contributed by atoms with Crippen LogP contribution in [0.4, 0.5) is 5.00 Å². The third kappa shape index (κ3) is 7.04. The number of thiophene rings is 1. The number of rotatable bonds is 10. The van der Waals surface area contributed by atoms with Crippen LogP contribution in [0.3, 0.4) is 0 Å². The van der Waals surface area contributed by atoms with Crippen LogP contribution in [0.5, 0.6) is 5.75 Å². The first kappa shape index (κ1) is 29.6. The first-order valence-corrected chi connectivity index (χ1v) is 14.9. The van der Waals surface area contributed by atoms with E-state index in [1.165, 1.54) is 35.8 Å². The lowest BCUT2D eigenvalue weighted by atomic mass is 9.87. The molecule has 210 valence electrons. The van der Waals surface area contributed by atoms with Gasteiger partial charge < -0.3 is 19.4 Å². The maximum atomic E-state index is 12.9. The van der Waals surface area contributed by atoms with Gasteiger partial charge in [-0.25, -0.2) is 4.79 Å². The molecule has 2 aromatic carbocycles. The van der Waals surface area contributed by atoms with E-state index in [0.717, 1.165) is 11.3 Å². The zero-order chi connectivity index (χ0) is 28.9. The van der Waals surface area contributed by atoms with Crippen LogP contribution >= 0.6 is 34.7 Å². The lowest BCUT2D eigenvalue weighted by molar-refractivity contribution is -0.113. The first-order chi connectivity index (χ1) is 19.1. The molecule has 0 atom stereocenters. The quantitative estimate of drug-likeness (QED) is 0.154. The van der Waals surface area contributed by atoms with E-state index in [1.807, 2.05) is 41.1 Å². The van der Waals surface area contributed by atoms with E-state index in [1.54, 1.807) is 12.1 Å². The number of methoxy groups -OCH3 is 1. The molecule has 0 aliphatic carbocycles. The summed E-state index contributed by atoms with van der Waals surface area (Å²) in [5, 5.41) is 14.8.